The molecule has 3 unspecified atom stereocenters. The molecule has 0 saturated heterocycles. The molecule has 100 valence electrons. The first kappa shape index (κ1) is 14.6. The summed E-state index contributed by atoms with van der Waals surface area (Å²) >= 11 is 7.46. The molecule has 1 fully saturated rings. The molecule has 3 atom stereocenters. The fourth-order valence-electron chi connectivity index (χ4n) is 3.05. The van der Waals surface area contributed by atoms with Crippen molar-refractivity contribution in [2.75, 3.05) is 0 Å². The molecule has 0 bridgehead atoms. The highest BCUT2D eigenvalue weighted by atomic mass is 79.9. The van der Waals surface area contributed by atoms with E-state index in [1.165, 1.54) is 35.7 Å². The number of halogens is 2. The lowest BCUT2D eigenvalue weighted by Crippen LogP contribution is -2.29. The fourth-order valence-corrected chi connectivity index (χ4v) is 4.16. The molecule has 2 rings (SSSR count). The molecule has 1 aliphatic rings. The van der Waals surface area contributed by atoms with Crippen molar-refractivity contribution in [3.63, 3.8) is 0 Å². The fraction of sp³-hybridized carbons (Fsp3) is 0.625. The van der Waals surface area contributed by atoms with Crippen molar-refractivity contribution in [1.29, 1.82) is 0 Å². The maximum absolute atomic E-state index is 3.90. The van der Waals surface area contributed by atoms with E-state index >= 15 is 0 Å². The van der Waals surface area contributed by atoms with Crippen LogP contribution in [0.2, 0.25) is 0 Å². The Morgan fingerprint density at radius 3 is 2.72 bits per heavy atom. The minimum absolute atomic E-state index is 0.700. The van der Waals surface area contributed by atoms with Crippen molar-refractivity contribution >= 4 is 31.9 Å². The average Bonchev–Trinajstić information content (AvgIpc) is 2.31. The molecule has 0 radical (unpaired) electrons. The predicted molar refractivity (Wildman–Crippen MR) is 86.2 cm³/mol. The van der Waals surface area contributed by atoms with Crippen LogP contribution >= 0.6 is 31.9 Å². The van der Waals surface area contributed by atoms with E-state index in [4.69, 9.17) is 0 Å². The van der Waals surface area contributed by atoms with Crippen LogP contribution in [-0.4, -0.2) is 4.83 Å². The number of alkyl halides is 1. The van der Waals surface area contributed by atoms with Crippen LogP contribution in [0.25, 0.3) is 0 Å². The molecule has 0 aromatic heterocycles. The normalized spacial score (nSPS) is 28.6. The third-order valence-electron chi connectivity index (χ3n) is 4.26. The molecule has 0 aliphatic heterocycles. The maximum Gasteiger partial charge on any atom is 0.0177 e. The Labute approximate surface area is 128 Å². The predicted octanol–water partition coefficient (Wildman–Crippen LogP) is 5.83. The van der Waals surface area contributed by atoms with Gasteiger partial charge in [-0.3, -0.25) is 0 Å². The van der Waals surface area contributed by atoms with E-state index in [0.29, 0.717) is 4.83 Å². The molecule has 0 N–H and O–H groups in total. The highest BCUT2D eigenvalue weighted by Gasteiger charge is 2.30. The highest BCUT2D eigenvalue weighted by Crippen LogP contribution is 2.39. The monoisotopic (exact) mass is 372 g/mol. The van der Waals surface area contributed by atoms with Crippen molar-refractivity contribution < 1.29 is 0 Å². The lowest BCUT2D eigenvalue weighted by atomic mass is 9.74. The van der Waals surface area contributed by atoms with Crippen LogP contribution in [0.3, 0.4) is 0 Å². The van der Waals surface area contributed by atoms with Gasteiger partial charge in [0.05, 0.1) is 0 Å². The van der Waals surface area contributed by atoms with Crippen LogP contribution in [0, 0.1) is 17.8 Å². The molecular weight excluding hydrogens is 352 g/mol. The third-order valence-corrected chi connectivity index (χ3v) is 5.96. The molecule has 0 amide bonds. The molecule has 0 heterocycles. The summed E-state index contributed by atoms with van der Waals surface area (Å²) in [5.41, 5.74) is 1.46. The van der Waals surface area contributed by atoms with Crippen molar-refractivity contribution in [2.24, 2.45) is 17.8 Å². The summed E-state index contributed by atoms with van der Waals surface area (Å²) in [5, 5.41) is 0. The van der Waals surface area contributed by atoms with Crippen molar-refractivity contribution in [1.82, 2.24) is 0 Å². The zero-order valence-electron chi connectivity index (χ0n) is 11.2. The number of hydrogen-bond donors (Lipinski definition) is 0. The van der Waals surface area contributed by atoms with E-state index in [9.17, 15) is 0 Å². The summed E-state index contributed by atoms with van der Waals surface area (Å²) in [5.74, 6) is 2.53. The van der Waals surface area contributed by atoms with Crippen LogP contribution in [0.4, 0.5) is 0 Å². The Morgan fingerprint density at radius 1 is 1.28 bits per heavy atom. The highest BCUT2D eigenvalue weighted by molar-refractivity contribution is 9.10. The van der Waals surface area contributed by atoms with Gasteiger partial charge in [0.25, 0.3) is 0 Å². The van der Waals surface area contributed by atoms with E-state index in [1.54, 1.807) is 0 Å². The summed E-state index contributed by atoms with van der Waals surface area (Å²) in [7, 11) is 0. The van der Waals surface area contributed by atoms with E-state index in [2.05, 4.69) is 70.0 Å². The molecule has 18 heavy (non-hydrogen) atoms. The Morgan fingerprint density at radius 2 is 2.06 bits per heavy atom. The molecule has 1 saturated carbocycles. The van der Waals surface area contributed by atoms with E-state index in [-0.39, 0.29) is 0 Å². The summed E-state index contributed by atoms with van der Waals surface area (Å²) in [6, 6.07) is 8.76. The minimum atomic E-state index is 0.700. The van der Waals surface area contributed by atoms with Crippen molar-refractivity contribution in [3.05, 3.63) is 34.3 Å². The maximum atomic E-state index is 3.90. The van der Waals surface area contributed by atoms with Gasteiger partial charge < -0.3 is 0 Å². The van der Waals surface area contributed by atoms with Gasteiger partial charge in [-0.15, -0.1) is 0 Å². The zero-order chi connectivity index (χ0) is 13.1. The molecule has 1 aliphatic carbocycles. The van der Waals surface area contributed by atoms with Crippen molar-refractivity contribution in [2.45, 2.75) is 44.4 Å². The third kappa shape index (κ3) is 3.84. The van der Waals surface area contributed by atoms with Gasteiger partial charge >= 0.3 is 0 Å². The molecule has 1 aromatic carbocycles. The number of hydrogen-bond acceptors (Lipinski definition) is 0. The Balaban J connectivity index is 2.02. The Kier molecular flexibility index (Phi) is 5.32. The number of rotatable bonds is 3. The Bertz CT molecular complexity index is 386. The summed E-state index contributed by atoms with van der Waals surface area (Å²) < 4.78 is 1.20. The molecular formula is C16H22Br2. The minimum Gasteiger partial charge on any atom is -0.0888 e. The first-order valence-electron chi connectivity index (χ1n) is 6.94. The topological polar surface area (TPSA) is 0 Å². The quantitative estimate of drug-likeness (QED) is 0.585. The lowest BCUT2D eigenvalue weighted by molar-refractivity contribution is 0.223. The molecule has 1 aromatic rings. The van der Waals surface area contributed by atoms with Gasteiger partial charge in [0, 0.05) is 9.30 Å². The van der Waals surface area contributed by atoms with E-state index in [1.807, 2.05) is 0 Å². The van der Waals surface area contributed by atoms with Crippen LogP contribution in [0.15, 0.2) is 28.7 Å². The van der Waals surface area contributed by atoms with Gasteiger partial charge in [-0.25, -0.2) is 0 Å². The van der Waals surface area contributed by atoms with Gasteiger partial charge in [-0.05, 0) is 61.1 Å². The van der Waals surface area contributed by atoms with Gasteiger partial charge in [-0.2, -0.15) is 0 Å². The summed E-state index contributed by atoms with van der Waals surface area (Å²) in [6.07, 6.45) is 5.31. The standard InChI is InChI=1S/C16H22Br2/c1-11(2)13-6-7-16(18)14(10-13)8-12-4-3-5-15(17)9-12/h3-5,9,11,13-14,16H,6-8,10H2,1-2H3. The second kappa shape index (κ2) is 6.56. The van der Waals surface area contributed by atoms with Crippen LogP contribution < -0.4 is 0 Å². The summed E-state index contributed by atoms with van der Waals surface area (Å²) in [6.45, 7) is 4.74. The van der Waals surface area contributed by atoms with Crippen LogP contribution in [0.5, 0.6) is 0 Å². The second-order valence-corrected chi connectivity index (χ2v) is 8.02. The van der Waals surface area contributed by atoms with E-state index < -0.39 is 0 Å². The first-order valence-corrected chi connectivity index (χ1v) is 8.65. The Hall–Kier alpha value is 0.180. The average molecular weight is 374 g/mol. The lowest BCUT2D eigenvalue weighted by Gasteiger charge is -2.35. The zero-order valence-corrected chi connectivity index (χ0v) is 14.4. The largest absolute Gasteiger partial charge is 0.0888 e. The van der Waals surface area contributed by atoms with E-state index in [0.717, 1.165) is 17.8 Å². The molecule has 2 heteroatoms. The van der Waals surface area contributed by atoms with Gasteiger partial charge in [-0.1, -0.05) is 57.8 Å². The smallest absolute Gasteiger partial charge is 0.0177 e. The van der Waals surface area contributed by atoms with Gasteiger partial charge in [0.1, 0.15) is 0 Å². The molecule has 0 spiro atoms. The van der Waals surface area contributed by atoms with Crippen LogP contribution in [0.1, 0.15) is 38.7 Å². The molecule has 0 nitrogen and oxygen atoms in total. The first-order chi connectivity index (χ1) is 8.56. The number of benzene rings is 1. The SMILES string of the molecule is CC(C)C1CCC(Br)C(Cc2cccc(Br)c2)C1. The van der Waals surface area contributed by atoms with Gasteiger partial charge in [0.15, 0.2) is 0 Å². The summed E-state index contributed by atoms with van der Waals surface area (Å²) in [4.78, 5) is 0.700. The van der Waals surface area contributed by atoms with Crippen LogP contribution in [-0.2, 0) is 6.42 Å². The van der Waals surface area contributed by atoms with Gasteiger partial charge in [0.2, 0.25) is 0 Å². The van der Waals surface area contributed by atoms with Crippen molar-refractivity contribution in [3.8, 4) is 0 Å². The second-order valence-electron chi connectivity index (χ2n) is 5.93.